The van der Waals surface area contributed by atoms with Gasteiger partial charge < -0.3 is 25.5 Å². The van der Waals surface area contributed by atoms with Gasteiger partial charge in [0.1, 0.15) is 5.82 Å². The first-order chi connectivity index (χ1) is 14.9. The molecule has 1 fully saturated rings. The number of fused-ring (bicyclic) bond motifs is 1. The van der Waals surface area contributed by atoms with Gasteiger partial charge in [-0.15, -0.1) is 0 Å². The zero-order chi connectivity index (χ0) is 22.1. The van der Waals surface area contributed by atoms with Crippen LogP contribution in [0.25, 0.3) is 11.6 Å². The summed E-state index contributed by atoms with van der Waals surface area (Å²) in [5, 5.41) is 14.6. The van der Waals surface area contributed by atoms with E-state index in [-0.39, 0.29) is 18.6 Å². The highest BCUT2D eigenvalue weighted by Crippen LogP contribution is 2.35. The van der Waals surface area contributed by atoms with Crippen LogP contribution in [0.5, 0.6) is 5.75 Å². The summed E-state index contributed by atoms with van der Waals surface area (Å²) >= 11 is 0. The molecule has 8 nitrogen and oxygen atoms in total. The van der Waals surface area contributed by atoms with E-state index in [1.807, 2.05) is 0 Å². The van der Waals surface area contributed by atoms with Crippen LogP contribution in [0.3, 0.4) is 0 Å². The van der Waals surface area contributed by atoms with Crippen molar-refractivity contribution >= 4 is 29.3 Å². The molecule has 0 radical (unpaired) electrons. The van der Waals surface area contributed by atoms with Gasteiger partial charge in [-0.05, 0) is 44.5 Å². The predicted molar refractivity (Wildman–Crippen MR) is 114 cm³/mol. The number of likely N-dealkylation sites (tertiary alicyclic amines) is 1. The van der Waals surface area contributed by atoms with Crippen molar-refractivity contribution in [3.63, 3.8) is 0 Å². The van der Waals surface area contributed by atoms with Crippen molar-refractivity contribution in [3.05, 3.63) is 46.5 Å². The van der Waals surface area contributed by atoms with E-state index in [1.54, 1.807) is 19.9 Å². The summed E-state index contributed by atoms with van der Waals surface area (Å²) in [6.07, 6.45) is 1.88. The molecular formula is C22H25FN4O4. The monoisotopic (exact) mass is 428 g/mol. The fraction of sp³-hybridized carbons (Fsp3) is 0.364. The lowest BCUT2D eigenvalue weighted by molar-refractivity contribution is -0.110. The van der Waals surface area contributed by atoms with Gasteiger partial charge in [0, 0.05) is 48.2 Å². The molecule has 0 unspecified atom stereocenters. The minimum absolute atomic E-state index is 0.0335. The molecule has 0 aliphatic carbocycles. The molecule has 9 heteroatoms. The van der Waals surface area contributed by atoms with Crippen LogP contribution in [0.2, 0.25) is 0 Å². The maximum absolute atomic E-state index is 13.7. The van der Waals surface area contributed by atoms with Crippen molar-refractivity contribution in [2.45, 2.75) is 26.3 Å². The Balaban J connectivity index is 1.50. The Hall–Kier alpha value is -3.17. The zero-order valence-electron chi connectivity index (χ0n) is 17.4. The number of hydrogen-bond acceptors (Lipinski definition) is 5. The van der Waals surface area contributed by atoms with Gasteiger partial charge in [-0.25, -0.2) is 9.18 Å². The van der Waals surface area contributed by atoms with Crippen LogP contribution in [0.4, 0.5) is 14.9 Å². The van der Waals surface area contributed by atoms with E-state index in [9.17, 15) is 14.0 Å². The molecule has 2 aliphatic heterocycles. The van der Waals surface area contributed by atoms with E-state index in [4.69, 9.17) is 9.84 Å². The molecule has 1 aromatic carbocycles. The van der Waals surface area contributed by atoms with Gasteiger partial charge in [-0.3, -0.25) is 9.69 Å². The van der Waals surface area contributed by atoms with Crippen molar-refractivity contribution < 1.29 is 23.8 Å². The number of aliphatic hydroxyl groups excluding tert-OH is 1. The third-order valence-electron chi connectivity index (χ3n) is 5.67. The number of nitrogens with one attached hydrogen (secondary N) is 3. The summed E-state index contributed by atoms with van der Waals surface area (Å²) in [5.41, 5.74) is 3.31. The van der Waals surface area contributed by atoms with Gasteiger partial charge in [0.2, 0.25) is 0 Å². The van der Waals surface area contributed by atoms with Crippen LogP contribution >= 0.6 is 0 Å². The molecule has 2 aromatic rings. The summed E-state index contributed by atoms with van der Waals surface area (Å²) < 4.78 is 19.2. The molecule has 0 spiro atoms. The number of anilines is 1. The Morgan fingerprint density at radius 1 is 1.42 bits per heavy atom. The normalized spacial score (nSPS) is 19.5. The number of aromatic amines is 1. The van der Waals surface area contributed by atoms with Crippen LogP contribution in [0.15, 0.2) is 18.2 Å². The maximum atomic E-state index is 13.7. The minimum Gasteiger partial charge on any atom is -0.408 e. The number of aromatic nitrogens is 1. The van der Waals surface area contributed by atoms with Gasteiger partial charge in [0.15, 0.2) is 5.75 Å². The minimum atomic E-state index is -0.550. The van der Waals surface area contributed by atoms with Crippen molar-refractivity contribution in [2.24, 2.45) is 0 Å². The molecular weight excluding hydrogens is 403 g/mol. The van der Waals surface area contributed by atoms with E-state index in [0.29, 0.717) is 52.6 Å². The second-order valence-electron chi connectivity index (χ2n) is 7.86. The fourth-order valence-corrected chi connectivity index (χ4v) is 4.09. The van der Waals surface area contributed by atoms with Gasteiger partial charge in [0.25, 0.3) is 5.91 Å². The Morgan fingerprint density at radius 3 is 3.00 bits per heavy atom. The quantitative estimate of drug-likeness (QED) is 0.548. The second-order valence-corrected chi connectivity index (χ2v) is 7.86. The highest BCUT2D eigenvalue weighted by atomic mass is 19.1. The Bertz CT molecular complexity index is 1060. The number of H-pyrrole nitrogens is 1. The highest BCUT2D eigenvalue weighted by molar-refractivity contribution is 6.34. The first kappa shape index (κ1) is 21.1. The Morgan fingerprint density at radius 2 is 2.23 bits per heavy atom. The van der Waals surface area contributed by atoms with E-state index in [0.717, 1.165) is 13.0 Å². The summed E-state index contributed by atoms with van der Waals surface area (Å²) in [5.74, 6) is -0.348. The third-order valence-corrected chi connectivity index (χ3v) is 5.67. The van der Waals surface area contributed by atoms with Crippen molar-refractivity contribution in [2.75, 3.05) is 31.6 Å². The average Bonchev–Trinajstić information content (AvgIpc) is 3.36. The molecule has 1 atom stereocenters. The number of ether oxygens (including phenoxy) is 1. The van der Waals surface area contributed by atoms with E-state index < -0.39 is 11.9 Å². The van der Waals surface area contributed by atoms with E-state index >= 15 is 0 Å². The molecule has 0 bridgehead atoms. The van der Waals surface area contributed by atoms with Crippen LogP contribution in [0, 0.1) is 19.7 Å². The van der Waals surface area contributed by atoms with Gasteiger partial charge in [-0.1, -0.05) is 0 Å². The third kappa shape index (κ3) is 4.33. The molecule has 0 saturated carbocycles. The fourth-order valence-electron chi connectivity index (χ4n) is 4.09. The second kappa shape index (κ2) is 8.52. The van der Waals surface area contributed by atoms with Crippen molar-refractivity contribution in [3.8, 4) is 5.75 Å². The first-order valence-electron chi connectivity index (χ1n) is 10.2. The highest BCUT2D eigenvalue weighted by Gasteiger charge is 2.27. The molecule has 164 valence electrons. The number of rotatable bonds is 5. The molecule has 3 heterocycles. The van der Waals surface area contributed by atoms with Crippen LogP contribution in [-0.2, 0) is 4.79 Å². The van der Waals surface area contributed by atoms with Crippen LogP contribution in [-0.4, -0.2) is 59.3 Å². The van der Waals surface area contributed by atoms with Crippen molar-refractivity contribution in [1.82, 2.24) is 15.2 Å². The zero-order valence-corrected chi connectivity index (χ0v) is 17.4. The van der Waals surface area contributed by atoms with Crippen molar-refractivity contribution in [1.29, 1.82) is 0 Å². The average molecular weight is 428 g/mol. The standard InChI is InChI=1S/C22H25FN4O4/c1-12-19(10-17-16-9-14(23)3-4-18(16)26-21(17)29)24-13(2)20(12)31-22(30)25-15-5-6-27(11-15)7-8-28/h3-4,9-10,15,24,28H,5-8,11H2,1-2H3,(H,25,30)(H,26,29)/b17-10-/t15-/m0/s1. The summed E-state index contributed by atoms with van der Waals surface area (Å²) in [6.45, 7) is 5.72. The summed E-state index contributed by atoms with van der Waals surface area (Å²) in [4.78, 5) is 30.0. The smallest absolute Gasteiger partial charge is 0.408 e. The number of benzene rings is 1. The number of carbonyl (C=O) groups excluding carboxylic acids is 2. The molecule has 1 aromatic heterocycles. The largest absolute Gasteiger partial charge is 0.412 e. The molecule has 2 amide bonds. The Kier molecular flexibility index (Phi) is 5.79. The van der Waals surface area contributed by atoms with Gasteiger partial charge in [-0.2, -0.15) is 0 Å². The molecule has 4 rings (SSSR count). The number of nitrogens with zero attached hydrogens (tertiary/aromatic N) is 1. The molecule has 1 saturated heterocycles. The maximum Gasteiger partial charge on any atom is 0.412 e. The SMILES string of the molecule is Cc1[nH]c(/C=C2\C(=O)Nc3ccc(F)cc32)c(C)c1OC(=O)N[C@H]1CCN(CCO)C1. The number of β-amino-alcohol motifs (C(OH)–C–C–N with tert-alkyl or cyclic N) is 1. The van der Waals surface area contributed by atoms with Crippen LogP contribution in [0.1, 0.15) is 28.9 Å². The summed E-state index contributed by atoms with van der Waals surface area (Å²) in [7, 11) is 0. The lowest BCUT2D eigenvalue weighted by Crippen LogP contribution is -2.39. The van der Waals surface area contributed by atoms with Gasteiger partial charge in [0.05, 0.1) is 17.9 Å². The number of aryl methyl sites for hydroxylation is 1. The topological polar surface area (TPSA) is 107 Å². The van der Waals surface area contributed by atoms with Gasteiger partial charge >= 0.3 is 6.09 Å². The summed E-state index contributed by atoms with van der Waals surface area (Å²) in [6, 6.07) is 4.11. The number of halogens is 1. The van der Waals surface area contributed by atoms with E-state index in [1.165, 1.54) is 18.2 Å². The number of amides is 2. The molecule has 31 heavy (non-hydrogen) atoms. The molecule has 2 aliphatic rings. The first-order valence-corrected chi connectivity index (χ1v) is 10.2. The number of hydrogen-bond donors (Lipinski definition) is 4. The van der Waals surface area contributed by atoms with Crippen LogP contribution < -0.4 is 15.4 Å². The number of carbonyl (C=O) groups is 2. The molecule has 4 N–H and O–H groups in total. The Labute approximate surface area is 179 Å². The van der Waals surface area contributed by atoms with E-state index in [2.05, 4.69) is 20.5 Å². The lowest BCUT2D eigenvalue weighted by Gasteiger charge is -2.15. The number of aliphatic hydroxyl groups is 1. The lowest BCUT2D eigenvalue weighted by atomic mass is 10.0. The predicted octanol–water partition coefficient (Wildman–Crippen LogP) is 2.42.